The number of carbonyl (C=O) groups is 1. The van der Waals surface area contributed by atoms with E-state index in [2.05, 4.69) is 5.32 Å². The molecule has 4 nitrogen and oxygen atoms in total. The van der Waals surface area contributed by atoms with Crippen LogP contribution in [0.4, 0.5) is 0 Å². The Kier molecular flexibility index (Phi) is 4.45. The normalized spacial score (nSPS) is 16.8. The first kappa shape index (κ1) is 14.6. The molecule has 0 radical (unpaired) electrons. The summed E-state index contributed by atoms with van der Waals surface area (Å²) in [6.07, 6.45) is 5.97. The van der Waals surface area contributed by atoms with Crippen LogP contribution in [0, 0.1) is 6.92 Å². The molecule has 1 saturated carbocycles. The number of aliphatic hydroxyl groups excluding tert-OH is 1. The molecule has 0 aromatic heterocycles. The zero-order valence-corrected chi connectivity index (χ0v) is 12.0. The van der Waals surface area contributed by atoms with Crippen LogP contribution in [-0.4, -0.2) is 30.3 Å². The second-order valence-corrected chi connectivity index (χ2v) is 5.36. The first-order valence-electron chi connectivity index (χ1n) is 6.84. The number of nitrogens with one attached hydrogen (secondary N) is 1. The molecule has 0 heterocycles. The Morgan fingerprint density at radius 3 is 2.80 bits per heavy atom. The van der Waals surface area contributed by atoms with Gasteiger partial charge in [0.1, 0.15) is 5.75 Å². The van der Waals surface area contributed by atoms with Crippen molar-refractivity contribution in [2.24, 2.45) is 0 Å². The van der Waals surface area contributed by atoms with Crippen molar-refractivity contribution in [2.75, 3.05) is 13.7 Å². The lowest BCUT2D eigenvalue weighted by molar-refractivity contribution is -0.120. The summed E-state index contributed by atoms with van der Waals surface area (Å²) in [5.74, 6) is 0.558. The van der Waals surface area contributed by atoms with E-state index in [4.69, 9.17) is 4.74 Å². The van der Waals surface area contributed by atoms with E-state index in [-0.39, 0.29) is 12.5 Å². The molecular formula is C16H21NO3. The van der Waals surface area contributed by atoms with Gasteiger partial charge in [-0.2, -0.15) is 0 Å². The summed E-state index contributed by atoms with van der Waals surface area (Å²) < 4.78 is 5.26. The third-order valence-electron chi connectivity index (χ3n) is 3.80. The highest BCUT2D eigenvalue weighted by Crippen LogP contribution is 2.31. The fourth-order valence-corrected chi connectivity index (χ4v) is 2.38. The van der Waals surface area contributed by atoms with Crippen molar-refractivity contribution in [2.45, 2.75) is 31.7 Å². The van der Waals surface area contributed by atoms with E-state index >= 15 is 0 Å². The van der Waals surface area contributed by atoms with Crippen molar-refractivity contribution in [3.63, 3.8) is 0 Å². The highest BCUT2D eigenvalue weighted by atomic mass is 16.5. The van der Waals surface area contributed by atoms with Crippen LogP contribution in [-0.2, 0) is 4.79 Å². The average Bonchev–Trinajstić information content (AvgIpc) is 2.41. The predicted molar refractivity (Wildman–Crippen MR) is 78.6 cm³/mol. The number of hydrogen-bond acceptors (Lipinski definition) is 3. The van der Waals surface area contributed by atoms with E-state index in [9.17, 15) is 9.90 Å². The molecule has 2 rings (SSSR count). The summed E-state index contributed by atoms with van der Waals surface area (Å²) in [7, 11) is 1.61. The van der Waals surface area contributed by atoms with Gasteiger partial charge < -0.3 is 15.2 Å². The van der Waals surface area contributed by atoms with Gasteiger partial charge in [-0.15, -0.1) is 0 Å². The van der Waals surface area contributed by atoms with Crippen molar-refractivity contribution in [1.29, 1.82) is 0 Å². The van der Waals surface area contributed by atoms with Gasteiger partial charge >= 0.3 is 0 Å². The van der Waals surface area contributed by atoms with Crippen molar-refractivity contribution in [1.82, 2.24) is 5.32 Å². The lowest BCUT2D eigenvalue weighted by Gasteiger charge is -2.40. The molecule has 1 aromatic carbocycles. The zero-order chi connectivity index (χ0) is 14.6. The van der Waals surface area contributed by atoms with Gasteiger partial charge in [0.25, 0.3) is 0 Å². The Morgan fingerprint density at radius 1 is 1.50 bits per heavy atom. The van der Waals surface area contributed by atoms with E-state index in [1.54, 1.807) is 13.2 Å². The summed E-state index contributed by atoms with van der Waals surface area (Å²) in [5.41, 5.74) is 1.57. The quantitative estimate of drug-likeness (QED) is 0.809. The number of amides is 1. The first-order valence-corrected chi connectivity index (χ1v) is 6.84. The molecule has 0 unspecified atom stereocenters. The molecule has 1 aliphatic carbocycles. The average molecular weight is 275 g/mol. The van der Waals surface area contributed by atoms with Crippen LogP contribution >= 0.6 is 0 Å². The number of ether oxygens (including phenoxy) is 1. The van der Waals surface area contributed by atoms with Gasteiger partial charge in [-0.25, -0.2) is 0 Å². The molecule has 0 atom stereocenters. The monoisotopic (exact) mass is 275 g/mol. The first-order chi connectivity index (χ1) is 9.58. The largest absolute Gasteiger partial charge is 0.496 e. The highest BCUT2D eigenvalue weighted by molar-refractivity contribution is 5.92. The van der Waals surface area contributed by atoms with Gasteiger partial charge in [0, 0.05) is 11.6 Å². The number of aliphatic hydroxyl groups is 1. The smallest absolute Gasteiger partial charge is 0.244 e. The van der Waals surface area contributed by atoms with Crippen molar-refractivity contribution >= 4 is 12.0 Å². The molecule has 1 aromatic rings. The van der Waals surface area contributed by atoms with Crippen LogP contribution < -0.4 is 10.1 Å². The van der Waals surface area contributed by atoms with Crippen LogP contribution in [0.15, 0.2) is 24.3 Å². The Balaban J connectivity index is 2.05. The Bertz CT molecular complexity index is 513. The molecule has 108 valence electrons. The zero-order valence-electron chi connectivity index (χ0n) is 12.0. The van der Waals surface area contributed by atoms with Crippen molar-refractivity contribution in [3.8, 4) is 5.75 Å². The number of rotatable bonds is 5. The van der Waals surface area contributed by atoms with Gasteiger partial charge in [0.2, 0.25) is 5.91 Å². The van der Waals surface area contributed by atoms with Crippen LogP contribution in [0.5, 0.6) is 5.75 Å². The number of hydrogen-bond donors (Lipinski definition) is 2. The van der Waals surface area contributed by atoms with Crippen LogP contribution in [0.1, 0.15) is 30.4 Å². The molecule has 1 amide bonds. The topological polar surface area (TPSA) is 58.6 Å². The van der Waals surface area contributed by atoms with Gasteiger partial charge in [-0.1, -0.05) is 11.6 Å². The summed E-state index contributed by atoms with van der Waals surface area (Å²) in [4.78, 5) is 11.9. The summed E-state index contributed by atoms with van der Waals surface area (Å²) in [6.45, 7) is 1.99. The third kappa shape index (κ3) is 3.20. The molecule has 1 fully saturated rings. The summed E-state index contributed by atoms with van der Waals surface area (Å²) >= 11 is 0. The molecule has 20 heavy (non-hydrogen) atoms. The molecule has 1 aliphatic rings. The molecular weight excluding hydrogens is 254 g/mol. The van der Waals surface area contributed by atoms with Crippen LogP contribution in [0.2, 0.25) is 0 Å². The van der Waals surface area contributed by atoms with E-state index in [1.807, 2.05) is 25.1 Å². The maximum atomic E-state index is 11.9. The predicted octanol–water partition coefficient (Wildman–Crippen LogP) is 2.05. The fraction of sp³-hybridized carbons (Fsp3) is 0.438. The fourth-order valence-electron chi connectivity index (χ4n) is 2.38. The maximum Gasteiger partial charge on any atom is 0.244 e. The van der Waals surface area contributed by atoms with E-state index in [0.29, 0.717) is 0 Å². The van der Waals surface area contributed by atoms with Gasteiger partial charge in [0.05, 0.1) is 19.3 Å². The van der Waals surface area contributed by atoms with Gasteiger partial charge in [0.15, 0.2) is 0 Å². The van der Waals surface area contributed by atoms with Gasteiger partial charge in [-0.05, 0) is 44.4 Å². The second-order valence-electron chi connectivity index (χ2n) is 5.36. The Labute approximate surface area is 119 Å². The Hall–Kier alpha value is -1.81. The van der Waals surface area contributed by atoms with Crippen molar-refractivity contribution in [3.05, 3.63) is 35.4 Å². The van der Waals surface area contributed by atoms with Crippen LogP contribution in [0.3, 0.4) is 0 Å². The molecule has 2 N–H and O–H groups in total. The highest BCUT2D eigenvalue weighted by Gasteiger charge is 2.37. The number of aryl methyl sites for hydroxylation is 1. The second kappa shape index (κ2) is 6.09. The lowest BCUT2D eigenvalue weighted by Crippen LogP contribution is -2.55. The minimum absolute atomic E-state index is 0.000343. The van der Waals surface area contributed by atoms with E-state index < -0.39 is 5.54 Å². The number of benzene rings is 1. The summed E-state index contributed by atoms with van der Waals surface area (Å²) in [6, 6.07) is 5.81. The van der Waals surface area contributed by atoms with Crippen LogP contribution in [0.25, 0.3) is 6.08 Å². The summed E-state index contributed by atoms with van der Waals surface area (Å²) in [5, 5.41) is 12.2. The van der Waals surface area contributed by atoms with E-state index in [0.717, 1.165) is 36.1 Å². The van der Waals surface area contributed by atoms with Gasteiger partial charge in [-0.3, -0.25) is 4.79 Å². The molecule has 4 heteroatoms. The standard InChI is InChI=1S/C16H21NO3/c1-12-4-6-14(20-2)13(10-12)5-7-15(19)17-16(11-18)8-3-9-16/h4-7,10,18H,3,8-9,11H2,1-2H3,(H,17,19)/b7-5+. The maximum absolute atomic E-state index is 11.9. The minimum atomic E-state index is -0.405. The molecule has 0 bridgehead atoms. The number of carbonyl (C=O) groups excluding carboxylic acids is 1. The third-order valence-corrected chi connectivity index (χ3v) is 3.80. The Morgan fingerprint density at radius 2 is 2.25 bits per heavy atom. The molecule has 0 aliphatic heterocycles. The van der Waals surface area contributed by atoms with E-state index in [1.165, 1.54) is 6.08 Å². The number of methoxy groups -OCH3 is 1. The lowest BCUT2D eigenvalue weighted by atomic mass is 9.77. The van der Waals surface area contributed by atoms with Crippen molar-refractivity contribution < 1.29 is 14.6 Å². The SMILES string of the molecule is COc1ccc(C)cc1/C=C/C(=O)NC1(CO)CCC1. The molecule has 0 saturated heterocycles. The molecule has 0 spiro atoms. The minimum Gasteiger partial charge on any atom is -0.496 e.